The fourth-order valence-electron chi connectivity index (χ4n) is 4.85. The van der Waals surface area contributed by atoms with Gasteiger partial charge in [0.2, 0.25) is 0 Å². The summed E-state index contributed by atoms with van der Waals surface area (Å²) in [6.07, 6.45) is 7.47. The highest BCUT2D eigenvalue weighted by atomic mass is 32.2. The Kier molecular flexibility index (Phi) is 10.5. The lowest BCUT2D eigenvalue weighted by molar-refractivity contribution is -0.142. The number of nitrogens with zero attached hydrogens (tertiary/aromatic N) is 1. The van der Waals surface area contributed by atoms with E-state index >= 15 is 0 Å². The zero-order valence-corrected chi connectivity index (χ0v) is 24.5. The highest BCUT2D eigenvalue weighted by Crippen LogP contribution is 2.49. The average Bonchev–Trinajstić information content (AvgIpc) is 3.06. The molecule has 36 heavy (non-hydrogen) atoms. The van der Waals surface area contributed by atoms with E-state index in [0.717, 1.165) is 23.6 Å². The Bertz CT molecular complexity index is 985. The quantitative estimate of drug-likeness (QED) is 0.257. The van der Waals surface area contributed by atoms with Crippen molar-refractivity contribution in [3.63, 3.8) is 0 Å². The third kappa shape index (κ3) is 6.95. The maximum atomic E-state index is 12.2. The predicted molar refractivity (Wildman–Crippen MR) is 156 cm³/mol. The van der Waals surface area contributed by atoms with Crippen molar-refractivity contribution in [1.82, 2.24) is 0 Å². The zero-order valence-electron chi connectivity index (χ0n) is 22.9. The second-order valence-corrected chi connectivity index (χ2v) is 13.0. The van der Waals surface area contributed by atoms with Crippen molar-refractivity contribution in [3.05, 3.63) is 48.0 Å². The van der Waals surface area contributed by atoms with E-state index < -0.39 is 4.75 Å². The number of benzene rings is 2. The number of fused-ring (bicyclic) bond motifs is 1. The highest BCUT2D eigenvalue weighted by Gasteiger charge is 2.36. The number of carbonyl (C=O) groups is 1. The molecule has 1 heterocycles. The summed E-state index contributed by atoms with van der Waals surface area (Å²) in [5.74, 6) is 2.47. The van der Waals surface area contributed by atoms with E-state index in [1.54, 1.807) is 18.9 Å². The Morgan fingerprint density at radius 2 is 1.75 bits per heavy atom. The van der Waals surface area contributed by atoms with Gasteiger partial charge < -0.3 is 14.4 Å². The first-order valence-electron chi connectivity index (χ1n) is 13.2. The number of anilines is 2. The topological polar surface area (TPSA) is 38.8 Å². The van der Waals surface area contributed by atoms with Gasteiger partial charge in [0, 0.05) is 40.3 Å². The second-order valence-electron chi connectivity index (χ2n) is 10.3. The number of hydrogen-bond acceptors (Lipinski definition) is 6. The van der Waals surface area contributed by atoms with Gasteiger partial charge in [0.25, 0.3) is 0 Å². The standard InChI is InChI=1S/C30H43NO3S2/c1-7-9-16-30(17-10-8-2)21-31(24-14-12-11-13-15-24)25-19-26(33-5)23(18-27(25)35-22-30)20-36-29(3,4)28(32)34-6/h11-15,18-19H,7-10,16-17,20-22H2,1-6H3. The Morgan fingerprint density at radius 3 is 2.33 bits per heavy atom. The molecule has 0 spiro atoms. The fraction of sp³-hybridized carbons (Fsp3) is 0.567. The first-order chi connectivity index (χ1) is 17.3. The molecule has 0 N–H and O–H groups in total. The Morgan fingerprint density at radius 1 is 1.08 bits per heavy atom. The van der Waals surface area contributed by atoms with Crippen LogP contribution in [0.2, 0.25) is 0 Å². The van der Waals surface area contributed by atoms with Gasteiger partial charge in [0.15, 0.2) is 0 Å². The molecule has 0 fully saturated rings. The van der Waals surface area contributed by atoms with Crippen LogP contribution in [-0.4, -0.2) is 37.2 Å². The summed E-state index contributed by atoms with van der Waals surface area (Å²) in [4.78, 5) is 16.1. The van der Waals surface area contributed by atoms with E-state index in [-0.39, 0.29) is 11.4 Å². The Hall–Kier alpha value is -1.79. The third-order valence-corrected chi connectivity index (χ3v) is 9.87. The average molecular weight is 530 g/mol. The van der Waals surface area contributed by atoms with Crippen molar-refractivity contribution >= 4 is 40.9 Å². The molecule has 1 aliphatic rings. The zero-order chi connectivity index (χ0) is 26.2. The van der Waals surface area contributed by atoms with E-state index in [1.807, 2.05) is 25.6 Å². The first kappa shape index (κ1) is 28.8. The van der Waals surface area contributed by atoms with Crippen LogP contribution in [-0.2, 0) is 15.3 Å². The molecule has 2 aromatic rings. The lowest BCUT2D eigenvalue weighted by atomic mass is 9.79. The molecule has 198 valence electrons. The molecule has 0 saturated heterocycles. The highest BCUT2D eigenvalue weighted by molar-refractivity contribution is 8.00. The molecule has 6 heteroatoms. The lowest BCUT2D eigenvalue weighted by Gasteiger charge is -2.37. The SMILES string of the molecule is CCCCC1(CCCC)CSc2cc(CSC(C)(C)C(=O)OC)c(OC)cc2N(c2ccccc2)C1. The summed E-state index contributed by atoms with van der Waals surface area (Å²) < 4.78 is 10.3. The minimum Gasteiger partial charge on any atom is -0.496 e. The number of para-hydroxylation sites is 1. The van der Waals surface area contributed by atoms with Gasteiger partial charge in [-0.2, -0.15) is 0 Å². The summed E-state index contributed by atoms with van der Waals surface area (Å²) in [5.41, 5.74) is 3.84. The van der Waals surface area contributed by atoms with Crippen LogP contribution in [0, 0.1) is 5.41 Å². The van der Waals surface area contributed by atoms with Crippen molar-refractivity contribution in [2.24, 2.45) is 5.41 Å². The van der Waals surface area contributed by atoms with E-state index in [2.05, 4.69) is 61.2 Å². The molecule has 2 aromatic carbocycles. The maximum absolute atomic E-state index is 12.2. The van der Waals surface area contributed by atoms with Gasteiger partial charge in [-0.3, -0.25) is 4.79 Å². The van der Waals surface area contributed by atoms with Crippen molar-refractivity contribution in [2.75, 3.05) is 31.4 Å². The molecule has 0 unspecified atom stereocenters. The molecule has 0 bridgehead atoms. The summed E-state index contributed by atoms with van der Waals surface area (Å²) in [6.45, 7) is 9.45. The van der Waals surface area contributed by atoms with Crippen LogP contribution >= 0.6 is 23.5 Å². The lowest BCUT2D eigenvalue weighted by Crippen LogP contribution is -2.36. The predicted octanol–water partition coefficient (Wildman–Crippen LogP) is 8.49. The fourth-order valence-corrected chi connectivity index (χ4v) is 7.18. The van der Waals surface area contributed by atoms with E-state index in [1.165, 1.54) is 61.9 Å². The van der Waals surface area contributed by atoms with E-state index in [9.17, 15) is 4.79 Å². The van der Waals surface area contributed by atoms with Crippen molar-refractivity contribution in [2.45, 2.75) is 81.6 Å². The molecule has 0 atom stereocenters. The van der Waals surface area contributed by atoms with Crippen molar-refractivity contribution < 1.29 is 14.3 Å². The number of thioether (sulfide) groups is 2. The van der Waals surface area contributed by atoms with E-state index in [0.29, 0.717) is 5.75 Å². The van der Waals surface area contributed by atoms with Gasteiger partial charge in [-0.25, -0.2) is 0 Å². The van der Waals surface area contributed by atoms with Gasteiger partial charge in [-0.05, 0) is 50.3 Å². The van der Waals surface area contributed by atoms with Gasteiger partial charge in [-0.1, -0.05) is 57.7 Å². The second kappa shape index (κ2) is 13.1. The molecule has 0 saturated carbocycles. The molecular weight excluding hydrogens is 486 g/mol. The molecular formula is C30H43NO3S2. The summed E-state index contributed by atoms with van der Waals surface area (Å²) >= 11 is 3.59. The van der Waals surface area contributed by atoms with Crippen LogP contribution in [0.5, 0.6) is 5.75 Å². The van der Waals surface area contributed by atoms with Crippen molar-refractivity contribution in [3.8, 4) is 5.75 Å². The summed E-state index contributed by atoms with van der Waals surface area (Å²) in [5, 5.41) is 0. The molecule has 0 aliphatic carbocycles. The normalized spacial score (nSPS) is 15.2. The van der Waals surface area contributed by atoms with E-state index in [4.69, 9.17) is 9.47 Å². The van der Waals surface area contributed by atoms with Gasteiger partial charge in [0.1, 0.15) is 10.5 Å². The Labute approximate surface area is 226 Å². The molecule has 0 amide bonds. The minimum absolute atomic E-state index is 0.206. The van der Waals surface area contributed by atoms with Crippen LogP contribution in [0.4, 0.5) is 11.4 Å². The van der Waals surface area contributed by atoms with Crippen LogP contribution in [0.15, 0.2) is 47.4 Å². The molecule has 1 aliphatic heterocycles. The van der Waals surface area contributed by atoms with Gasteiger partial charge in [0.05, 0.1) is 19.9 Å². The molecule has 4 nitrogen and oxygen atoms in total. The van der Waals surface area contributed by atoms with Crippen LogP contribution in [0.3, 0.4) is 0 Å². The number of hydrogen-bond donors (Lipinski definition) is 0. The largest absolute Gasteiger partial charge is 0.496 e. The monoisotopic (exact) mass is 529 g/mol. The van der Waals surface area contributed by atoms with Crippen LogP contribution < -0.4 is 9.64 Å². The minimum atomic E-state index is -0.620. The summed E-state index contributed by atoms with van der Waals surface area (Å²) in [6, 6.07) is 15.3. The first-order valence-corrected chi connectivity index (χ1v) is 15.1. The number of methoxy groups -OCH3 is 2. The smallest absolute Gasteiger partial charge is 0.321 e. The number of ether oxygens (including phenoxy) is 2. The Balaban J connectivity index is 2.04. The molecule has 0 radical (unpaired) electrons. The number of unbranched alkanes of at least 4 members (excludes halogenated alkanes) is 2. The van der Waals surface area contributed by atoms with Gasteiger partial charge >= 0.3 is 5.97 Å². The number of carbonyl (C=O) groups excluding carboxylic acids is 1. The maximum Gasteiger partial charge on any atom is 0.321 e. The third-order valence-electron chi connectivity index (χ3n) is 7.13. The summed E-state index contributed by atoms with van der Waals surface area (Å²) in [7, 11) is 3.19. The molecule has 3 rings (SSSR count). The van der Waals surface area contributed by atoms with Crippen molar-refractivity contribution in [1.29, 1.82) is 0 Å². The number of rotatable bonds is 12. The molecule has 0 aromatic heterocycles. The van der Waals surface area contributed by atoms with Crippen LogP contribution in [0.25, 0.3) is 0 Å². The van der Waals surface area contributed by atoms with Crippen LogP contribution in [0.1, 0.15) is 71.8 Å². The van der Waals surface area contributed by atoms with Gasteiger partial charge in [-0.15, -0.1) is 23.5 Å². The number of esters is 1.